The van der Waals surface area contributed by atoms with Gasteiger partial charge in [0.2, 0.25) is 5.91 Å². The number of hydrogen-bond acceptors (Lipinski definition) is 4. The maximum atomic E-state index is 12.5. The number of amides is 1. The lowest BCUT2D eigenvalue weighted by atomic mass is 10.1. The van der Waals surface area contributed by atoms with Crippen molar-refractivity contribution in [1.29, 1.82) is 0 Å². The van der Waals surface area contributed by atoms with Crippen LogP contribution in [-0.2, 0) is 11.2 Å². The summed E-state index contributed by atoms with van der Waals surface area (Å²) in [7, 11) is 0. The van der Waals surface area contributed by atoms with Crippen molar-refractivity contribution in [3.63, 3.8) is 0 Å². The number of para-hydroxylation sites is 1. The van der Waals surface area contributed by atoms with Crippen LogP contribution >= 0.6 is 23.2 Å². The van der Waals surface area contributed by atoms with E-state index < -0.39 is 6.10 Å². The fourth-order valence-corrected chi connectivity index (χ4v) is 3.48. The van der Waals surface area contributed by atoms with E-state index in [0.717, 1.165) is 18.7 Å². The highest BCUT2D eigenvalue weighted by atomic mass is 35.5. The molecule has 28 heavy (non-hydrogen) atoms. The molecule has 1 atom stereocenters. The molecule has 1 unspecified atom stereocenters. The summed E-state index contributed by atoms with van der Waals surface area (Å²) >= 11 is 11.9. The van der Waals surface area contributed by atoms with Gasteiger partial charge in [-0.25, -0.2) is 0 Å². The number of aliphatic hydroxyl groups excluding tert-OH is 1. The molecule has 3 rings (SSSR count). The van der Waals surface area contributed by atoms with E-state index in [9.17, 15) is 9.90 Å². The number of hydrogen-bond donors (Lipinski definition) is 1. The van der Waals surface area contributed by atoms with Crippen LogP contribution < -0.4 is 4.74 Å². The Bertz CT molecular complexity index is 777. The van der Waals surface area contributed by atoms with E-state index in [-0.39, 0.29) is 12.5 Å². The average molecular weight is 423 g/mol. The predicted molar refractivity (Wildman–Crippen MR) is 111 cm³/mol. The van der Waals surface area contributed by atoms with Crippen molar-refractivity contribution in [2.24, 2.45) is 0 Å². The first-order chi connectivity index (χ1) is 13.5. The van der Waals surface area contributed by atoms with Crippen LogP contribution in [0.2, 0.25) is 10.0 Å². The summed E-state index contributed by atoms with van der Waals surface area (Å²) in [5.74, 6) is 0.686. The Balaban J connectivity index is 1.39. The van der Waals surface area contributed by atoms with Gasteiger partial charge in [0.05, 0.1) is 11.4 Å². The van der Waals surface area contributed by atoms with Crippen LogP contribution in [0, 0.1) is 0 Å². The number of halogens is 2. The Hall–Kier alpha value is -1.79. The monoisotopic (exact) mass is 422 g/mol. The highest BCUT2D eigenvalue weighted by Crippen LogP contribution is 2.23. The number of rotatable bonds is 7. The number of piperazine rings is 1. The molecule has 0 aliphatic carbocycles. The van der Waals surface area contributed by atoms with E-state index in [1.165, 1.54) is 0 Å². The third-order valence-electron chi connectivity index (χ3n) is 4.73. The maximum Gasteiger partial charge on any atom is 0.227 e. The molecule has 1 aliphatic heterocycles. The third-order valence-corrected chi connectivity index (χ3v) is 5.29. The van der Waals surface area contributed by atoms with Crippen molar-refractivity contribution in [3.8, 4) is 5.75 Å². The Morgan fingerprint density at radius 2 is 1.71 bits per heavy atom. The van der Waals surface area contributed by atoms with E-state index in [0.29, 0.717) is 41.8 Å². The van der Waals surface area contributed by atoms with E-state index >= 15 is 0 Å². The van der Waals surface area contributed by atoms with Crippen LogP contribution in [-0.4, -0.2) is 66.2 Å². The Morgan fingerprint density at radius 1 is 1.04 bits per heavy atom. The molecule has 1 N–H and O–H groups in total. The predicted octanol–water partition coefficient (Wildman–Crippen LogP) is 3.12. The average Bonchev–Trinajstić information content (AvgIpc) is 2.69. The molecule has 0 aromatic heterocycles. The van der Waals surface area contributed by atoms with E-state index in [4.69, 9.17) is 27.9 Å². The topological polar surface area (TPSA) is 53.0 Å². The Labute approximate surface area is 175 Å². The van der Waals surface area contributed by atoms with E-state index in [1.54, 1.807) is 24.3 Å². The lowest BCUT2D eigenvalue weighted by Gasteiger charge is -2.35. The van der Waals surface area contributed by atoms with Crippen LogP contribution in [0.3, 0.4) is 0 Å². The van der Waals surface area contributed by atoms with Gasteiger partial charge >= 0.3 is 0 Å². The van der Waals surface area contributed by atoms with Crippen molar-refractivity contribution >= 4 is 29.1 Å². The minimum Gasteiger partial charge on any atom is -0.489 e. The molecule has 150 valence electrons. The number of β-amino-alcohol motifs (C(OH)–C–C–N with tert-alkyl or cyclic N) is 1. The number of carbonyl (C=O) groups excluding carboxylic acids is 1. The van der Waals surface area contributed by atoms with Crippen molar-refractivity contribution in [2.45, 2.75) is 12.5 Å². The number of nitrogens with zero attached hydrogens (tertiary/aromatic N) is 2. The Morgan fingerprint density at radius 3 is 2.39 bits per heavy atom. The molecule has 7 heteroatoms. The van der Waals surface area contributed by atoms with Crippen LogP contribution in [0.15, 0.2) is 48.5 Å². The Kier molecular flexibility index (Phi) is 7.57. The van der Waals surface area contributed by atoms with Gasteiger partial charge in [0.25, 0.3) is 0 Å². The standard InChI is InChI=1S/C21H24Cl2N2O3/c22-17-7-5-16(6-8-17)13-21(27)25-11-9-24(10-12-25)14-18(26)15-28-20-4-2-1-3-19(20)23/h1-8,18,26H,9-15H2. The zero-order chi connectivity index (χ0) is 19.9. The highest BCUT2D eigenvalue weighted by molar-refractivity contribution is 6.32. The van der Waals surface area contributed by atoms with Gasteiger partial charge in [-0.2, -0.15) is 0 Å². The first-order valence-electron chi connectivity index (χ1n) is 9.31. The van der Waals surface area contributed by atoms with Gasteiger partial charge in [0, 0.05) is 37.7 Å². The molecule has 1 aliphatic rings. The van der Waals surface area contributed by atoms with Crippen LogP contribution in [0.4, 0.5) is 0 Å². The van der Waals surface area contributed by atoms with Crippen molar-refractivity contribution in [3.05, 3.63) is 64.1 Å². The van der Waals surface area contributed by atoms with Crippen molar-refractivity contribution in [1.82, 2.24) is 9.80 Å². The van der Waals surface area contributed by atoms with E-state index in [2.05, 4.69) is 4.90 Å². The van der Waals surface area contributed by atoms with Gasteiger partial charge in [0.15, 0.2) is 0 Å². The fraction of sp³-hybridized carbons (Fsp3) is 0.381. The molecule has 0 bridgehead atoms. The minimum absolute atomic E-state index is 0.115. The zero-order valence-electron chi connectivity index (χ0n) is 15.6. The number of benzene rings is 2. The summed E-state index contributed by atoms with van der Waals surface area (Å²) in [4.78, 5) is 16.5. The molecule has 1 heterocycles. The normalized spacial score (nSPS) is 16.0. The molecule has 5 nitrogen and oxygen atoms in total. The lowest BCUT2D eigenvalue weighted by molar-refractivity contribution is -0.132. The number of aliphatic hydroxyl groups is 1. The summed E-state index contributed by atoms with van der Waals surface area (Å²) in [5, 5.41) is 11.4. The van der Waals surface area contributed by atoms with Gasteiger partial charge in [-0.15, -0.1) is 0 Å². The lowest BCUT2D eigenvalue weighted by Crippen LogP contribution is -2.51. The molecule has 2 aromatic rings. The summed E-state index contributed by atoms with van der Waals surface area (Å²) in [5.41, 5.74) is 0.962. The van der Waals surface area contributed by atoms with Gasteiger partial charge in [-0.1, -0.05) is 47.5 Å². The summed E-state index contributed by atoms with van der Waals surface area (Å²) in [6.07, 6.45) is -0.238. The molecule has 0 spiro atoms. The molecule has 0 radical (unpaired) electrons. The smallest absolute Gasteiger partial charge is 0.227 e. The first kappa shape index (κ1) is 20.9. The fourth-order valence-electron chi connectivity index (χ4n) is 3.17. The second-order valence-electron chi connectivity index (χ2n) is 6.88. The van der Waals surface area contributed by atoms with E-state index in [1.807, 2.05) is 29.2 Å². The second kappa shape index (κ2) is 10.1. The van der Waals surface area contributed by atoms with Gasteiger partial charge in [-0.3, -0.25) is 9.69 Å². The quantitative estimate of drug-likeness (QED) is 0.744. The number of ether oxygens (including phenoxy) is 1. The molecular formula is C21H24Cl2N2O3. The SMILES string of the molecule is O=C(Cc1ccc(Cl)cc1)N1CCN(CC(O)COc2ccccc2Cl)CC1. The van der Waals surface area contributed by atoms with Crippen molar-refractivity contribution in [2.75, 3.05) is 39.3 Å². The highest BCUT2D eigenvalue weighted by Gasteiger charge is 2.22. The van der Waals surface area contributed by atoms with Crippen LogP contribution in [0.25, 0.3) is 0 Å². The molecule has 1 amide bonds. The maximum absolute atomic E-state index is 12.5. The molecule has 0 saturated carbocycles. The second-order valence-corrected chi connectivity index (χ2v) is 7.72. The first-order valence-corrected chi connectivity index (χ1v) is 10.1. The largest absolute Gasteiger partial charge is 0.489 e. The van der Waals surface area contributed by atoms with Crippen molar-refractivity contribution < 1.29 is 14.6 Å². The van der Waals surface area contributed by atoms with Gasteiger partial charge < -0.3 is 14.7 Å². The van der Waals surface area contributed by atoms with Crippen LogP contribution in [0.1, 0.15) is 5.56 Å². The number of carbonyl (C=O) groups is 1. The van der Waals surface area contributed by atoms with Crippen LogP contribution in [0.5, 0.6) is 5.75 Å². The van der Waals surface area contributed by atoms with Gasteiger partial charge in [0.1, 0.15) is 18.5 Å². The molecule has 1 saturated heterocycles. The van der Waals surface area contributed by atoms with Gasteiger partial charge in [-0.05, 0) is 29.8 Å². The summed E-state index contributed by atoms with van der Waals surface area (Å²) in [6.45, 7) is 3.46. The molecule has 1 fully saturated rings. The molecular weight excluding hydrogens is 399 g/mol. The minimum atomic E-state index is -0.618. The summed E-state index contributed by atoms with van der Waals surface area (Å²) in [6, 6.07) is 14.6. The third kappa shape index (κ3) is 6.11. The summed E-state index contributed by atoms with van der Waals surface area (Å²) < 4.78 is 5.59. The zero-order valence-corrected chi connectivity index (χ0v) is 17.1. The molecule has 2 aromatic carbocycles.